The van der Waals surface area contributed by atoms with Crippen LogP contribution in [0.5, 0.6) is 0 Å². The number of carbonyl (C=O) groups excluding carboxylic acids is 2. The Morgan fingerprint density at radius 1 is 1.10 bits per heavy atom. The number of anilines is 1. The van der Waals surface area contributed by atoms with Gasteiger partial charge in [-0.1, -0.05) is 29.5 Å². The van der Waals surface area contributed by atoms with Crippen molar-refractivity contribution in [2.75, 3.05) is 11.1 Å². The third kappa shape index (κ3) is 5.89. The van der Waals surface area contributed by atoms with Crippen LogP contribution in [0, 0.1) is 19.7 Å². The Balaban J connectivity index is 1.46. The van der Waals surface area contributed by atoms with Crippen LogP contribution in [0.1, 0.15) is 27.4 Å². The lowest BCUT2D eigenvalue weighted by atomic mass is 10.1. The second-order valence-corrected chi connectivity index (χ2v) is 7.23. The van der Waals surface area contributed by atoms with Gasteiger partial charge in [-0.25, -0.2) is 4.39 Å². The van der Waals surface area contributed by atoms with E-state index in [0.29, 0.717) is 5.56 Å². The molecule has 0 spiro atoms. The molecule has 2 N–H and O–H groups in total. The number of thioether (sulfide) groups is 1. The molecule has 0 saturated carbocycles. The number of hydrogen-bond acceptors (Lipinski definition) is 6. The van der Waals surface area contributed by atoms with E-state index in [2.05, 4.69) is 20.8 Å². The molecule has 2 amide bonds. The summed E-state index contributed by atoms with van der Waals surface area (Å²) in [6.07, 6.45) is 0. The molecule has 3 rings (SSSR count). The molecule has 1 heterocycles. The molecule has 0 bridgehead atoms. The van der Waals surface area contributed by atoms with Crippen molar-refractivity contribution < 1.29 is 18.4 Å². The van der Waals surface area contributed by atoms with E-state index in [1.165, 1.54) is 24.3 Å². The van der Waals surface area contributed by atoms with Gasteiger partial charge in [-0.15, -0.1) is 10.2 Å². The molecule has 0 aliphatic heterocycles. The number of nitrogens with zero attached hydrogens (tertiary/aromatic N) is 2. The zero-order chi connectivity index (χ0) is 20.8. The monoisotopic (exact) mass is 414 g/mol. The summed E-state index contributed by atoms with van der Waals surface area (Å²) in [6.45, 7) is 3.95. The van der Waals surface area contributed by atoms with Crippen LogP contribution in [-0.4, -0.2) is 27.8 Å². The first-order chi connectivity index (χ1) is 13.9. The predicted octanol–water partition coefficient (Wildman–Crippen LogP) is 3.49. The molecule has 0 fully saturated rings. The molecular formula is C20H19FN4O3S. The van der Waals surface area contributed by atoms with Crippen molar-refractivity contribution >= 4 is 29.3 Å². The number of benzene rings is 2. The van der Waals surface area contributed by atoms with E-state index >= 15 is 0 Å². The van der Waals surface area contributed by atoms with Crippen molar-refractivity contribution in [3.05, 3.63) is 70.9 Å². The summed E-state index contributed by atoms with van der Waals surface area (Å²) in [7, 11) is 0. The number of halogens is 1. The van der Waals surface area contributed by atoms with Gasteiger partial charge in [-0.3, -0.25) is 9.59 Å². The van der Waals surface area contributed by atoms with Gasteiger partial charge in [0.1, 0.15) is 5.82 Å². The Morgan fingerprint density at radius 3 is 2.59 bits per heavy atom. The van der Waals surface area contributed by atoms with E-state index in [1.807, 2.05) is 32.0 Å². The van der Waals surface area contributed by atoms with Crippen LogP contribution in [0.2, 0.25) is 0 Å². The Bertz CT molecular complexity index is 1020. The highest BCUT2D eigenvalue weighted by molar-refractivity contribution is 7.99. The van der Waals surface area contributed by atoms with Crippen molar-refractivity contribution in [1.29, 1.82) is 0 Å². The lowest BCUT2D eigenvalue weighted by Gasteiger charge is -2.08. The molecule has 7 nitrogen and oxygen atoms in total. The van der Waals surface area contributed by atoms with Crippen LogP contribution in [0.3, 0.4) is 0 Å². The summed E-state index contributed by atoms with van der Waals surface area (Å²) < 4.78 is 18.3. The van der Waals surface area contributed by atoms with Gasteiger partial charge in [-0.05, 0) is 49.7 Å². The number of hydrogen-bond donors (Lipinski definition) is 2. The topological polar surface area (TPSA) is 97.1 Å². The van der Waals surface area contributed by atoms with E-state index in [0.717, 1.165) is 28.6 Å². The number of amides is 2. The summed E-state index contributed by atoms with van der Waals surface area (Å²) >= 11 is 1.10. The second kappa shape index (κ2) is 9.33. The van der Waals surface area contributed by atoms with Crippen LogP contribution in [0.25, 0.3) is 0 Å². The summed E-state index contributed by atoms with van der Waals surface area (Å²) in [5, 5.41) is 13.4. The van der Waals surface area contributed by atoms with E-state index < -0.39 is 5.82 Å². The standard InChI is InChI=1S/C20H19FN4O3S/c1-12-3-8-16(13(2)9-12)23-17(26)11-29-20-25-24-18(28-20)10-22-19(27)14-4-6-15(21)7-5-14/h3-9H,10-11H2,1-2H3,(H,22,27)(H,23,26). The molecule has 0 unspecified atom stereocenters. The Morgan fingerprint density at radius 2 is 1.86 bits per heavy atom. The third-order valence-electron chi connectivity index (χ3n) is 3.94. The molecule has 3 aromatic rings. The fourth-order valence-electron chi connectivity index (χ4n) is 2.49. The van der Waals surface area contributed by atoms with Crippen LogP contribution >= 0.6 is 11.8 Å². The van der Waals surface area contributed by atoms with Crippen molar-refractivity contribution in [3.63, 3.8) is 0 Å². The molecule has 0 aliphatic carbocycles. The summed E-state index contributed by atoms with van der Waals surface area (Å²) in [5.41, 5.74) is 3.19. The molecule has 2 aromatic carbocycles. The number of aromatic nitrogens is 2. The smallest absolute Gasteiger partial charge is 0.277 e. The molecule has 0 radical (unpaired) electrons. The highest BCUT2D eigenvalue weighted by atomic mass is 32.2. The van der Waals surface area contributed by atoms with E-state index in [4.69, 9.17) is 4.42 Å². The zero-order valence-corrected chi connectivity index (χ0v) is 16.7. The SMILES string of the molecule is Cc1ccc(NC(=O)CSc2nnc(CNC(=O)c3ccc(F)cc3)o2)c(C)c1. The highest BCUT2D eigenvalue weighted by Crippen LogP contribution is 2.19. The predicted molar refractivity (Wildman–Crippen MR) is 107 cm³/mol. The van der Waals surface area contributed by atoms with Crippen molar-refractivity contribution in [1.82, 2.24) is 15.5 Å². The summed E-state index contributed by atoms with van der Waals surface area (Å²) in [5.74, 6) is -0.673. The minimum atomic E-state index is -0.415. The number of carbonyl (C=O) groups is 2. The lowest BCUT2D eigenvalue weighted by molar-refractivity contribution is -0.113. The average molecular weight is 414 g/mol. The maximum atomic E-state index is 12.9. The van der Waals surface area contributed by atoms with Crippen LogP contribution in [-0.2, 0) is 11.3 Å². The van der Waals surface area contributed by atoms with E-state index in [9.17, 15) is 14.0 Å². The van der Waals surface area contributed by atoms with E-state index in [-0.39, 0.29) is 35.2 Å². The largest absolute Gasteiger partial charge is 0.414 e. The summed E-state index contributed by atoms with van der Waals surface area (Å²) in [4.78, 5) is 24.1. The Labute approximate surface area is 171 Å². The van der Waals surface area contributed by atoms with Crippen LogP contribution in [0.4, 0.5) is 10.1 Å². The van der Waals surface area contributed by atoms with Crippen LogP contribution < -0.4 is 10.6 Å². The minimum absolute atomic E-state index is 0.0263. The second-order valence-electron chi connectivity index (χ2n) is 6.31. The minimum Gasteiger partial charge on any atom is -0.414 e. The molecule has 1 aromatic heterocycles. The summed E-state index contributed by atoms with van der Waals surface area (Å²) in [6, 6.07) is 11.0. The van der Waals surface area contributed by atoms with Gasteiger partial charge in [0.05, 0.1) is 12.3 Å². The average Bonchev–Trinajstić information content (AvgIpc) is 3.15. The van der Waals surface area contributed by atoms with E-state index in [1.54, 1.807) is 0 Å². The Hall–Kier alpha value is -3.20. The molecule has 9 heteroatoms. The van der Waals surface area contributed by atoms with Gasteiger partial charge >= 0.3 is 0 Å². The first kappa shape index (κ1) is 20.5. The van der Waals surface area contributed by atoms with Crippen molar-refractivity contribution in [2.24, 2.45) is 0 Å². The first-order valence-corrected chi connectivity index (χ1v) is 9.75. The molecule has 0 aliphatic rings. The first-order valence-electron chi connectivity index (χ1n) is 8.77. The highest BCUT2D eigenvalue weighted by Gasteiger charge is 2.12. The fourth-order valence-corrected chi connectivity index (χ4v) is 3.08. The van der Waals surface area contributed by atoms with Gasteiger partial charge in [0.25, 0.3) is 11.1 Å². The zero-order valence-electron chi connectivity index (χ0n) is 15.9. The van der Waals surface area contributed by atoms with Crippen molar-refractivity contribution in [2.45, 2.75) is 25.6 Å². The number of nitrogens with one attached hydrogen (secondary N) is 2. The molecular weight excluding hydrogens is 395 g/mol. The maximum absolute atomic E-state index is 12.9. The fraction of sp³-hybridized carbons (Fsp3) is 0.200. The number of rotatable bonds is 7. The third-order valence-corrected chi connectivity index (χ3v) is 4.76. The normalized spacial score (nSPS) is 10.6. The molecule has 29 heavy (non-hydrogen) atoms. The van der Waals surface area contributed by atoms with Crippen molar-refractivity contribution in [3.8, 4) is 0 Å². The van der Waals surface area contributed by atoms with Crippen LogP contribution in [0.15, 0.2) is 52.1 Å². The Kier molecular flexibility index (Phi) is 6.61. The van der Waals surface area contributed by atoms with Gasteiger partial charge < -0.3 is 15.1 Å². The van der Waals surface area contributed by atoms with Gasteiger partial charge in [0.15, 0.2) is 0 Å². The molecule has 0 atom stereocenters. The molecule has 0 saturated heterocycles. The quantitative estimate of drug-likeness (QED) is 0.575. The maximum Gasteiger partial charge on any atom is 0.277 e. The van der Waals surface area contributed by atoms with Gasteiger partial charge in [0.2, 0.25) is 11.8 Å². The van der Waals surface area contributed by atoms with Gasteiger partial charge in [-0.2, -0.15) is 0 Å². The lowest BCUT2D eigenvalue weighted by Crippen LogP contribution is -2.22. The van der Waals surface area contributed by atoms with Gasteiger partial charge in [0, 0.05) is 11.3 Å². The number of aryl methyl sites for hydroxylation is 2. The molecule has 150 valence electrons.